The van der Waals surface area contributed by atoms with Crippen LogP contribution in [0.25, 0.3) is 0 Å². The fourth-order valence-corrected chi connectivity index (χ4v) is 2.70. The van der Waals surface area contributed by atoms with Crippen molar-refractivity contribution in [3.05, 3.63) is 12.7 Å². The van der Waals surface area contributed by atoms with Gasteiger partial charge < -0.3 is 9.53 Å². The van der Waals surface area contributed by atoms with Crippen LogP contribution in [0.2, 0.25) is 18.1 Å². The number of aliphatic hydroxyl groups excluding tert-OH is 1. The molecule has 0 amide bonds. The minimum absolute atomic E-state index is 0.0692. The Labute approximate surface area is 102 Å². The molecule has 0 saturated heterocycles. The minimum atomic E-state index is -1.78. The van der Waals surface area contributed by atoms with Crippen LogP contribution in [0.4, 0.5) is 0 Å². The van der Waals surface area contributed by atoms with Crippen molar-refractivity contribution in [1.29, 1.82) is 0 Å². The van der Waals surface area contributed by atoms with Crippen LogP contribution in [0.15, 0.2) is 12.7 Å². The van der Waals surface area contributed by atoms with Gasteiger partial charge in [-0.2, -0.15) is 0 Å². The predicted octanol–water partition coefficient (Wildman–Crippen LogP) is 3.58. The standard InChI is InChI=1S/C13H28O2Si/c1-9-10(2)12(14)11(3)15-16(7,8)13(4,5)6/h9-12,14H,1H2,2-8H3/t10-,11+,12-/m0/s1. The summed E-state index contributed by atoms with van der Waals surface area (Å²) < 4.78 is 6.13. The zero-order valence-electron chi connectivity index (χ0n) is 11.9. The van der Waals surface area contributed by atoms with E-state index < -0.39 is 14.4 Å². The Hall–Kier alpha value is -0.123. The average Bonchev–Trinajstić information content (AvgIpc) is 2.12. The van der Waals surface area contributed by atoms with E-state index in [1.807, 2.05) is 13.8 Å². The second-order valence-electron chi connectivity index (χ2n) is 6.17. The molecule has 0 aromatic heterocycles. The van der Waals surface area contributed by atoms with E-state index in [9.17, 15) is 5.11 Å². The maximum atomic E-state index is 10.0. The van der Waals surface area contributed by atoms with Crippen molar-refractivity contribution in [1.82, 2.24) is 0 Å². The van der Waals surface area contributed by atoms with Crippen LogP contribution in [0.1, 0.15) is 34.6 Å². The third-order valence-electron chi connectivity index (χ3n) is 3.68. The lowest BCUT2D eigenvalue weighted by molar-refractivity contribution is 0.0169. The molecule has 2 nitrogen and oxygen atoms in total. The molecule has 3 heteroatoms. The first-order valence-electron chi connectivity index (χ1n) is 6.01. The molecule has 0 fully saturated rings. The Balaban J connectivity index is 4.56. The monoisotopic (exact) mass is 244 g/mol. The lowest BCUT2D eigenvalue weighted by Crippen LogP contribution is -2.47. The highest BCUT2D eigenvalue weighted by Gasteiger charge is 2.39. The Kier molecular flexibility index (Phi) is 5.43. The van der Waals surface area contributed by atoms with Crippen molar-refractivity contribution >= 4 is 8.32 Å². The van der Waals surface area contributed by atoms with Gasteiger partial charge in [0, 0.05) is 5.92 Å². The van der Waals surface area contributed by atoms with E-state index in [4.69, 9.17) is 4.43 Å². The molecule has 0 aromatic carbocycles. The Morgan fingerprint density at radius 2 is 1.69 bits per heavy atom. The fraction of sp³-hybridized carbons (Fsp3) is 0.846. The van der Waals surface area contributed by atoms with Gasteiger partial charge in [0.25, 0.3) is 0 Å². The Bertz CT molecular complexity index is 231. The molecule has 0 unspecified atom stereocenters. The van der Waals surface area contributed by atoms with Crippen LogP contribution in [0.3, 0.4) is 0 Å². The van der Waals surface area contributed by atoms with Gasteiger partial charge in [0.15, 0.2) is 8.32 Å². The number of rotatable bonds is 5. The van der Waals surface area contributed by atoms with Gasteiger partial charge in [-0.05, 0) is 25.1 Å². The Morgan fingerprint density at radius 1 is 1.25 bits per heavy atom. The van der Waals surface area contributed by atoms with E-state index in [0.29, 0.717) is 0 Å². The van der Waals surface area contributed by atoms with Crippen LogP contribution in [-0.4, -0.2) is 25.6 Å². The van der Waals surface area contributed by atoms with Gasteiger partial charge in [0.2, 0.25) is 0 Å². The third-order valence-corrected chi connectivity index (χ3v) is 8.25. The van der Waals surface area contributed by atoms with Crippen molar-refractivity contribution in [2.45, 2.75) is 65.0 Å². The summed E-state index contributed by atoms with van der Waals surface area (Å²) in [6.07, 6.45) is 1.18. The second kappa shape index (κ2) is 5.47. The van der Waals surface area contributed by atoms with E-state index in [1.54, 1.807) is 6.08 Å². The number of hydrogen-bond donors (Lipinski definition) is 1. The van der Waals surface area contributed by atoms with Crippen LogP contribution >= 0.6 is 0 Å². The summed E-state index contributed by atoms with van der Waals surface area (Å²) >= 11 is 0. The molecule has 3 atom stereocenters. The smallest absolute Gasteiger partial charge is 0.192 e. The maximum Gasteiger partial charge on any atom is 0.192 e. The average molecular weight is 244 g/mol. The fourth-order valence-electron chi connectivity index (χ4n) is 1.28. The highest BCUT2D eigenvalue weighted by molar-refractivity contribution is 6.74. The van der Waals surface area contributed by atoms with Gasteiger partial charge in [-0.1, -0.05) is 33.8 Å². The molecule has 0 aliphatic rings. The Morgan fingerprint density at radius 3 is 2.00 bits per heavy atom. The first-order valence-corrected chi connectivity index (χ1v) is 8.92. The summed E-state index contributed by atoms with van der Waals surface area (Å²) in [5, 5.41) is 10.2. The molecule has 0 rings (SSSR count). The largest absolute Gasteiger partial charge is 0.412 e. The molecular formula is C13H28O2Si. The quantitative estimate of drug-likeness (QED) is 0.592. The maximum absolute atomic E-state index is 10.0. The van der Waals surface area contributed by atoms with E-state index in [-0.39, 0.29) is 17.1 Å². The zero-order valence-corrected chi connectivity index (χ0v) is 12.9. The normalized spacial score (nSPS) is 19.0. The van der Waals surface area contributed by atoms with Gasteiger partial charge in [0.1, 0.15) is 0 Å². The lowest BCUT2D eigenvalue weighted by Gasteiger charge is -2.40. The van der Waals surface area contributed by atoms with Crippen molar-refractivity contribution in [2.24, 2.45) is 5.92 Å². The molecular weight excluding hydrogens is 216 g/mol. The molecule has 96 valence electrons. The summed E-state index contributed by atoms with van der Waals surface area (Å²) in [6.45, 7) is 18.6. The lowest BCUT2D eigenvalue weighted by atomic mass is 10.0. The van der Waals surface area contributed by atoms with Crippen molar-refractivity contribution in [2.75, 3.05) is 0 Å². The number of aliphatic hydroxyl groups is 1. The molecule has 0 aliphatic carbocycles. The summed E-state index contributed by atoms with van der Waals surface area (Å²) in [7, 11) is -1.78. The molecule has 0 aromatic rings. The van der Waals surface area contributed by atoms with E-state index >= 15 is 0 Å². The first-order chi connectivity index (χ1) is 7.03. The van der Waals surface area contributed by atoms with Crippen molar-refractivity contribution in [3.8, 4) is 0 Å². The van der Waals surface area contributed by atoms with Crippen LogP contribution in [-0.2, 0) is 4.43 Å². The summed E-state index contributed by atoms with van der Waals surface area (Å²) in [5.74, 6) is 0.0692. The van der Waals surface area contributed by atoms with Crippen molar-refractivity contribution < 1.29 is 9.53 Å². The molecule has 0 saturated carbocycles. The van der Waals surface area contributed by atoms with Crippen LogP contribution in [0, 0.1) is 5.92 Å². The topological polar surface area (TPSA) is 29.5 Å². The van der Waals surface area contributed by atoms with Crippen LogP contribution < -0.4 is 0 Å². The van der Waals surface area contributed by atoms with Crippen LogP contribution in [0.5, 0.6) is 0 Å². The molecule has 0 heterocycles. The molecule has 0 radical (unpaired) electrons. The predicted molar refractivity (Wildman–Crippen MR) is 73.1 cm³/mol. The minimum Gasteiger partial charge on any atom is -0.412 e. The van der Waals surface area contributed by atoms with Gasteiger partial charge in [-0.15, -0.1) is 6.58 Å². The number of hydrogen-bond acceptors (Lipinski definition) is 2. The molecule has 16 heavy (non-hydrogen) atoms. The summed E-state index contributed by atoms with van der Waals surface area (Å²) in [4.78, 5) is 0. The molecule has 0 spiro atoms. The highest BCUT2D eigenvalue weighted by atomic mass is 28.4. The SMILES string of the molecule is C=C[C@H](C)[C@H](O)[C@@H](C)O[Si](C)(C)C(C)(C)C. The van der Waals surface area contributed by atoms with E-state index in [2.05, 4.69) is 40.4 Å². The second-order valence-corrected chi connectivity index (χ2v) is 10.9. The third kappa shape index (κ3) is 4.04. The van der Waals surface area contributed by atoms with Gasteiger partial charge in [-0.3, -0.25) is 0 Å². The van der Waals surface area contributed by atoms with E-state index in [1.165, 1.54) is 0 Å². The van der Waals surface area contributed by atoms with Gasteiger partial charge in [0.05, 0.1) is 12.2 Å². The van der Waals surface area contributed by atoms with Gasteiger partial charge in [-0.25, -0.2) is 0 Å². The van der Waals surface area contributed by atoms with Crippen molar-refractivity contribution in [3.63, 3.8) is 0 Å². The summed E-state index contributed by atoms with van der Waals surface area (Å²) in [5.41, 5.74) is 0. The molecule has 1 N–H and O–H groups in total. The molecule has 0 bridgehead atoms. The highest BCUT2D eigenvalue weighted by Crippen LogP contribution is 2.37. The first kappa shape index (κ1) is 15.9. The van der Waals surface area contributed by atoms with E-state index in [0.717, 1.165) is 0 Å². The zero-order chi connectivity index (χ0) is 13.1. The van der Waals surface area contributed by atoms with Gasteiger partial charge >= 0.3 is 0 Å². The summed E-state index contributed by atoms with van der Waals surface area (Å²) in [6, 6.07) is 0. The molecule has 0 aliphatic heterocycles.